The number of unbranched alkanes of at least 4 members (excludes halogenated alkanes) is 2. The minimum Gasteiger partial charge on any atom is -0.480 e. The molecule has 0 aromatic carbocycles. The largest absolute Gasteiger partial charge is 0.480 e. The Labute approximate surface area is 188 Å². The van der Waals surface area contributed by atoms with Crippen LogP contribution in [0.15, 0.2) is 60.8 Å². The maximum atomic E-state index is 11.9. The van der Waals surface area contributed by atoms with Crippen LogP contribution >= 0.6 is 0 Å². The average Bonchev–Trinajstić information content (AvgIpc) is 2.75. The number of carboxylic acid groups (broad SMARTS) is 1. The maximum absolute atomic E-state index is 11.9. The molecule has 0 saturated carbocycles. The van der Waals surface area contributed by atoms with Gasteiger partial charge in [-0.3, -0.25) is 4.79 Å². The molecule has 0 aromatic rings. The number of amides is 1. The molecule has 174 valence electrons. The predicted octanol–water partition coefficient (Wildman–Crippen LogP) is 5.61. The molecule has 0 spiro atoms. The van der Waals surface area contributed by atoms with Gasteiger partial charge in [0.15, 0.2) is 0 Å². The summed E-state index contributed by atoms with van der Waals surface area (Å²) in [6.07, 6.45) is 30.2. The van der Waals surface area contributed by atoms with E-state index in [2.05, 4.69) is 73.0 Å². The quantitative estimate of drug-likeness (QED) is 0.183. The predicted molar refractivity (Wildman–Crippen MR) is 131 cm³/mol. The lowest BCUT2D eigenvalue weighted by atomic mass is 10.1. The van der Waals surface area contributed by atoms with E-state index in [1.165, 1.54) is 0 Å². The zero-order chi connectivity index (χ0) is 23.0. The lowest BCUT2D eigenvalue weighted by Crippen LogP contribution is -2.40. The Balaban J connectivity index is 3.76. The Morgan fingerprint density at radius 2 is 1.32 bits per heavy atom. The number of carboxylic acids is 1. The van der Waals surface area contributed by atoms with Crippen molar-refractivity contribution >= 4 is 11.9 Å². The number of hydrogen-bond donors (Lipinski definition) is 3. The van der Waals surface area contributed by atoms with E-state index < -0.39 is 12.0 Å². The fraction of sp³-hybridized carbons (Fsp3) is 0.538. The minimum atomic E-state index is -0.983. The number of hydrogen-bond acceptors (Lipinski definition) is 3. The molecular weight excluding hydrogens is 388 g/mol. The summed E-state index contributed by atoms with van der Waals surface area (Å²) in [4.78, 5) is 23.1. The zero-order valence-electron chi connectivity index (χ0n) is 19.2. The summed E-state index contributed by atoms with van der Waals surface area (Å²) in [7, 11) is 0. The molecule has 31 heavy (non-hydrogen) atoms. The van der Waals surface area contributed by atoms with Gasteiger partial charge in [0.1, 0.15) is 6.04 Å². The van der Waals surface area contributed by atoms with Crippen LogP contribution in [0.2, 0.25) is 0 Å². The Morgan fingerprint density at radius 1 is 0.806 bits per heavy atom. The highest BCUT2D eigenvalue weighted by atomic mass is 16.4. The van der Waals surface area contributed by atoms with E-state index in [4.69, 9.17) is 10.8 Å². The van der Waals surface area contributed by atoms with Crippen LogP contribution in [0.4, 0.5) is 0 Å². The smallest absolute Gasteiger partial charge is 0.326 e. The van der Waals surface area contributed by atoms with Gasteiger partial charge in [0, 0.05) is 6.42 Å². The summed E-state index contributed by atoms with van der Waals surface area (Å²) in [5, 5.41) is 11.8. The van der Waals surface area contributed by atoms with Crippen molar-refractivity contribution < 1.29 is 14.7 Å². The van der Waals surface area contributed by atoms with Gasteiger partial charge < -0.3 is 16.2 Å². The van der Waals surface area contributed by atoms with Crippen LogP contribution in [0, 0.1) is 0 Å². The molecule has 0 radical (unpaired) electrons. The van der Waals surface area contributed by atoms with Gasteiger partial charge in [-0.05, 0) is 70.8 Å². The lowest BCUT2D eigenvalue weighted by Gasteiger charge is -2.14. The van der Waals surface area contributed by atoms with Crippen molar-refractivity contribution in [3.63, 3.8) is 0 Å². The standard InChI is InChI=1S/C26H42N2O3/c1-2-3-4-5-6-7-8-9-10-11-12-13-14-15-16-17-18-22-25(29)28-24(26(30)31)21-19-20-23-27/h3-4,6-7,9-10,12-13,15-16,24H,2,5,8,11,14,17-23,27H2,1H3,(H,28,29)(H,30,31)/b4-3+,7-6+,10-9+,13-12+,16-15+. The fourth-order valence-corrected chi connectivity index (χ4v) is 2.77. The first-order valence-corrected chi connectivity index (χ1v) is 11.6. The normalized spacial score (nSPS) is 13.4. The molecule has 0 aromatic heterocycles. The lowest BCUT2D eigenvalue weighted by molar-refractivity contribution is -0.142. The van der Waals surface area contributed by atoms with Gasteiger partial charge in [-0.1, -0.05) is 67.7 Å². The maximum Gasteiger partial charge on any atom is 0.326 e. The van der Waals surface area contributed by atoms with Crippen LogP contribution in [0.5, 0.6) is 0 Å². The van der Waals surface area contributed by atoms with Crippen molar-refractivity contribution in [2.75, 3.05) is 6.54 Å². The molecule has 1 atom stereocenters. The van der Waals surface area contributed by atoms with Crippen molar-refractivity contribution in [2.24, 2.45) is 5.73 Å². The number of rotatable bonds is 19. The van der Waals surface area contributed by atoms with E-state index in [0.29, 0.717) is 32.2 Å². The molecule has 0 fully saturated rings. The third-order valence-electron chi connectivity index (χ3n) is 4.51. The monoisotopic (exact) mass is 430 g/mol. The second-order valence-electron chi connectivity index (χ2n) is 7.34. The molecule has 0 aliphatic rings. The molecule has 4 N–H and O–H groups in total. The average molecular weight is 431 g/mol. The summed E-state index contributed by atoms with van der Waals surface area (Å²) < 4.78 is 0. The second-order valence-corrected chi connectivity index (χ2v) is 7.34. The highest BCUT2D eigenvalue weighted by molar-refractivity contribution is 5.83. The SMILES string of the molecule is CC/C=C/C/C=C/C/C=C/C/C=C/C/C=C/CCCC(=O)NC(CCCCN)C(=O)O. The van der Waals surface area contributed by atoms with Crippen molar-refractivity contribution in [3.05, 3.63) is 60.8 Å². The van der Waals surface area contributed by atoms with Crippen LogP contribution in [-0.2, 0) is 9.59 Å². The molecule has 0 bridgehead atoms. The number of aliphatic carboxylic acids is 1. The summed E-state index contributed by atoms with van der Waals surface area (Å²) in [6.45, 7) is 2.67. The second kappa shape index (κ2) is 22.3. The van der Waals surface area contributed by atoms with Gasteiger partial charge >= 0.3 is 5.97 Å². The first kappa shape index (κ1) is 28.6. The molecule has 1 amide bonds. The third-order valence-corrected chi connectivity index (χ3v) is 4.51. The number of nitrogens with two attached hydrogens (primary N) is 1. The van der Waals surface area contributed by atoms with Crippen LogP contribution in [0.1, 0.15) is 77.6 Å². The van der Waals surface area contributed by atoms with E-state index in [1.54, 1.807) is 0 Å². The van der Waals surface area contributed by atoms with Gasteiger partial charge in [0.2, 0.25) is 5.91 Å². The number of carbonyl (C=O) groups is 2. The molecule has 0 rings (SSSR count). The molecular formula is C26H42N2O3. The third kappa shape index (κ3) is 20.6. The van der Waals surface area contributed by atoms with E-state index in [-0.39, 0.29) is 5.91 Å². The van der Waals surface area contributed by atoms with E-state index in [9.17, 15) is 9.59 Å². The van der Waals surface area contributed by atoms with Crippen LogP contribution < -0.4 is 11.1 Å². The number of allylic oxidation sites excluding steroid dienone is 10. The van der Waals surface area contributed by atoms with Crippen LogP contribution in [0.25, 0.3) is 0 Å². The van der Waals surface area contributed by atoms with Gasteiger partial charge in [-0.2, -0.15) is 0 Å². The van der Waals surface area contributed by atoms with Crippen molar-refractivity contribution in [3.8, 4) is 0 Å². The van der Waals surface area contributed by atoms with Crippen molar-refractivity contribution in [2.45, 2.75) is 83.6 Å². The highest BCUT2D eigenvalue weighted by Crippen LogP contribution is 2.04. The topological polar surface area (TPSA) is 92.4 Å². The fourth-order valence-electron chi connectivity index (χ4n) is 2.77. The van der Waals surface area contributed by atoms with Gasteiger partial charge in [0.25, 0.3) is 0 Å². The number of carbonyl (C=O) groups excluding carboxylic acids is 1. The summed E-state index contributed by atoms with van der Waals surface area (Å²) in [5.74, 6) is -1.18. The van der Waals surface area contributed by atoms with E-state index >= 15 is 0 Å². The molecule has 1 unspecified atom stereocenters. The molecule has 0 heterocycles. The Morgan fingerprint density at radius 3 is 1.81 bits per heavy atom. The summed E-state index contributed by atoms with van der Waals surface area (Å²) >= 11 is 0. The molecule has 0 aliphatic heterocycles. The number of nitrogens with one attached hydrogen (secondary N) is 1. The van der Waals surface area contributed by atoms with Crippen molar-refractivity contribution in [1.82, 2.24) is 5.32 Å². The van der Waals surface area contributed by atoms with Crippen LogP contribution in [-0.4, -0.2) is 29.6 Å². The van der Waals surface area contributed by atoms with E-state index in [1.807, 2.05) is 0 Å². The highest BCUT2D eigenvalue weighted by Gasteiger charge is 2.18. The van der Waals surface area contributed by atoms with E-state index in [0.717, 1.165) is 44.9 Å². The Kier molecular flexibility index (Phi) is 20.6. The molecule has 0 aliphatic carbocycles. The Hall–Kier alpha value is -2.40. The van der Waals surface area contributed by atoms with Gasteiger partial charge in [-0.25, -0.2) is 4.79 Å². The molecule has 5 nitrogen and oxygen atoms in total. The van der Waals surface area contributed by atoms with Gasteiger partial charge in [0.05, 0.1) is 0 Å². The molecule has 0 saturated heterocycles. The van der Waals surface area contributed by atoms with Crippen molar-refractivity contribution in [1.29, 1.82) is 0 Å². The zero-order valence-corrected chi connectivity index (χ0v) is 19.2. The summed E-state index contributed by atoms with van der Waals surface area (Å²) in [5.41, 5.74) is 5.42. The molecule has 5 heteroatoms. The first-order chi connectivity index (χ1) is 15.1. The minimum absolute atomic E-state index is 0.201. The Bertz CT molecular complexity index is 604. The van der Waals surface area contributed by atoms with Crippen LogP contribution in [0.3, 0.4) is 0 Å². The first-order valence-electron chi connectivity index (χ1n) is 11.6. The summed E-state index contributed by atoms with van der Waals surface area (Å²) in [6, 6.07) is -0.812. The van der Waals surface area contributed by atoms with Gasteiger partial charge in [-0.15, -0.1) is 0 Å².